The maximum Gasteiger partial charge on any atom is 0.327 e. The van der Waals surface area contributed by atoms with Crippen molar-refractivity contribution in [1.82, 2.24) is 4.98 Å². The number of pyridine rings is 1. The van der Waals surface area contributed by atoms with Gasteiger partial charge in [0.15, 0.2) is 0 Å². The van der Waals surface area contributed by atoms with E-state index in [9.17, 15) is 0 Å². The Bertz CT molecular complexity index is 387. The Kier molecular flexibility index (Phi) is 1.58. The average Bonchev–Trinajstić information content (AvgIpc) is 2.04. The van der Waals surface area contributed by atoms with Gasteiger partial charge in [-0.3, -0.25) is 0 Å². The van der Waals surface area contributed by atoms with Crippen LogP contribution in [-0.4, -0.2) is 4.98 Å². The van der Waals surface area contributed by atoms with Crippen molar-refractivity contribution in [1.29, 1.82) is 0 Å². The molecule has 0 aromatic carbocycles. The average molecular weight is 210 g/mol. The Morgan fingerprint density at radius 3 is 3.18 bits per heavy atom. The van der Waals surface area contributed by atoms with Crippen LogP contribution in [0.2, 0.25) is 0 Å². The highest BCUT2D eigenvalue weighted by atomic mass is 79.9. The van der Waals surface area contributed by atoms with Crippen molar-refractivity contribution in [2.75, 3.05) is 0 Å². The lowest BCUT2D eigenvalue weighted by Gasteiger charge is -1.89. The van der Waals surface area contributed by atoms with Crippen molar-refractivity contribution in [2.24, 2.45) is 0 Å². The second-order valence-corrected chi connectivity index (χ2v) is 3.15. The van der Waals surface area contributed by atoms with Gasteiger partial charge in [0.05, 0.1) is 10.7 Å². The number of fused-ring (bicyclic) bond motifs is 1. The van der Waals surface area contributed by atoms with Gasteiger partial charge in [0, 0.05) is 12.1 Å². The molecule has 0 fully saturated rings. The molecule has 0 N–H and O–H groups in total. The third-order valence-electron chi connectivity index (χ3n) is 1.46. The third-order valence-corrected chi connectivity index (χ3v) is 1.93. The summed E-state index contributed by atoms with van der Waals surface area (Å²) in [5, 5.41) is 0. The molecule has 0 saturated heterocycles. The number of hydrogen-bond acceptors (Lipinski definition) is 1. The zero-order valence-corrected chi connectivity index (χ0v) is 7.32. The first-order chi connectivity index (χ1) is 5.36. The molecule has 0 saturated carbocycles. The van der Waals surface area contributed by atoms with Crippen molar-refractivity contribution in [2.45, 2.75) is 0 Å². The van der Waals surface area contributed by atoms with E-state index in [0.717, 1.165) is 10.1 Å². The molecule has 54 valence electrons. The zero-order valence-electron chi connectivity index (χ0n) is 5.74. The largest absolute Gasteiger partial charge is 0.327 e. The minimum Gasteiger partial charge on any atom is -0.202 e. The van der Waals surface area contributed by atoms with E-state index in [1.54, 1.807) is 6.20 Å². The van der Waals surface area contributed by atoms with Crippen molar-refractivity contribution >= 4 is 21.6 Å². The van der Waals surface area contributed by atoms with E-state index in [-0.39, 0.29) is 0 Å². The summed E-state index contributed by atoms with van der Waals surface area (Å²) >= 11 is 3.38. The van der Waals surface area contributed by atoms with Crippen molar-refractivity contribution in [3.63, 3.8) is 0 Å². The molecule has 0 aliphatic heterocycles. The molecule has 0 aliphatic carbocycles. The highest BCUT2D eigenvalue weighted by Crippen LogP contribution is 2.05. The van der Waals surface area contributed by atoms with Crippen LogP contribution in [0.15, 0.2) is 41.3 Å². The molecule has 2 aromatic rings. The molecule has 2 heterocycles. The van der Waals surface area contributed by atoms with Crippen molar-refractivity contribution in [3.8, 4) is 0 Å². The van der Waals surface area contributed by atoms with Gasteiger partial charge in [-0.2, -0.15) is 0 Å². The van der Waals surface area contributed by atoms with Gasteiger partial charge >= 0.3 is 5.65 Å². The molecule has 0 bridgehead atoms. The second-order valence-electron chi connectivity index (χ2n) is 2.23. The summed E-state index contributed by atoms with van der Waals surface area (Å²) < 4.78 is 3.02. The van der Waals surface area contributed by atoms with E-state index < -0.39 is 0 Å². The standard InChI is InChI=1S/C8H6BrN2/c9-7-2-3-8-10-4-1-5-11(8)6-7/h1-6H/q+1. The topological polar surface area (TPSA) is 17.0 Å². The molecule has 0 spiro atoms. The first-order valence-corrected chi connectivity index (χ1v) is 4.07. The van der Waals surface area contributed by atoms with Crippen molar-refractivity contribution in [3.05, 3.63) is 41.3 Å². The molecule has 0 aliphatic rings. The number of rotatable bonds is 0. The molecule has 3 heteroatoms. The van der Waals surface area contributed by atoms with E-state index >= 15 is 0 Å². The Morgan fingerprint density at radius 1 is 1.36 bits per heavy atom. The van der Waals surface area contributed by atoms with Crippen LogP contribution < -0.4 is 4.40 Å². The molecule has 0 radical (unpaired) electrons. The fourth-order valence-electron chi connectivity index (χ4n) is 0.962. The van der Waals surface area contributed by atoms with E-state index in [1.807, 2.05) is 35.0 Å². The lowest BCUT2D eigenvalue weighted by atomic mass is 10.4. The summed E-state index contributed by atoms with van der Waals surface area (Å²) in [6.07, 6.45) is 5.72. The van der Waals surface area contributed by atoms with Crippen LogP contribution in [0.5, 0.6) is 0 Å². The Labute approximate surface area is 72.6 Å². The molecular formula is C8H6BrN2+. The highest BCUT2D eigenvalue weighted by Gasteiger charge is 1.99. The van der Waals surface area contributed by atoms with E-state index in [1.165, 1.54) is 0 Å². The van der Waals surface area contributed by atoms with E-state index in [2.05, 4.69) is 20.9 Å². The zero-order chi connectivity index (χ0) is 7.68. The van der Waals surface area contributed by atoms with Crippen LogP contribution in [0.1, 0.15) is 0 Å². The van der Waals surface area contributed by atoms with Gasteiger partial charge < -0.3 is 0 Å². The fraction of sp³-hybridized carbons (Fsp3) is 0. The summed E-state index contributed by atoms with van der Waals surface area (Å²) in [5.41, 5.74) is 0.954. The van der Waals surface area contributed by atoms with Crippen molar-refractivity contribution < 1.29 is 4.40 Å². The van der Waals surface area contributed by atoms with Gasteiger partial charge in [0.1, 0.15) is 12.4 Å². The lowest BCUT2D eigenvalue weighted by Crippen LogP contribution is -2.21. The van der Waals surface area contributed by atoms with Gasteiger partial charge in [0.2, 0.25) is 0 Å². The lowest BCUT2D eigenvalue weighted by molar-refractivity contribution is -0.515. The smallest absolute Gasteiger partial charge is 0.202 e. The Hall–Kier alpha value is -0.960. The quantitative estimate of drug-likeness (QED) is 0.603. The van der Waals surface area contributed by atoms with Gasteiger partial charge in [-0.15, -0.1) is 0 Å². The number of aromatic nitrogens is 2. The predicted octanol–water partition coefficient (Wildman–Crippen LogP) is 1.58. The van der Waals surface area contributed by atoms with Gasteiger partial charge in [-0.1, -0.05) is 0 Å². The number of hydrogen-bond donors (Lipinski definition) is 0. The van der Waals surface area contributed by atoms with Gasteiger partial charge in [-0.25, -0.2) is 4.40 Å². The van der Waals surface area contributed by atoms with Crippen LogP contribution in [0.4, 0.5) is 0 Å². The predicted molar refractivity (Wildman–Crippen MR) is 45.1 cm³/mol. The summed E-state index contributed by atoms with van der Waals surface area (Å²) in [4.78, 5) is 4.16. The van der Waals surface area contributed by atoms with Crippen LogP contribution in [-0.2, 0) is 0 Å². The minimum absolute atomic E-state index is 0.954. The number of halogens is 1. The first kappa shape index (κ1) is 6.73. The van der Waals surface area contributed by atoms with Crippen LogP contribution in [0.25, 0.3) is 5.65 Å². The third kappa shape index (κ3) is 1.24. The van der Waals surface area contributed by atoms with E-state index in [4.69, 9.17) is 0 Å². The number of nitrogens with zero attached hydrogens (tertiary/aromatic N) is 2. The van der Waals surface area contributed by atoms with Crippen LogP contribution in [0, 0.1) is 0 Å². The molecular weight excluding hydrogens is 204 g/mol. The molecule has 0 unspecified atom stereocenters. The van der Waals surface area contributed by atoms with Gasteiger partial charge in [0.25, 0.3) is 0 Å². The molecule has 2 rings (SSSR count). The molecule has 11 heavy (non-hydrogen) atoms. The maximum atomic E-state index is 4.16. The molecule has 0 atom stereocenters. The summed E-state index contributed by atoms with van der Waals surface area (Å²) in [7, 11) is 0. The monoisotopic (exact) mass is 209 g/mol. The Balaban J connectivity index is 2.83. The maximum absolute atomic E-state index is 4.16. The molecule has 0 amide bonds. The van der Waals surface area contributed by atoms with Gasteiger partial charge in [-0.05, 0) is 27.0 Å². The SMILES string of the molecule is Brc1ccc2nccc[n+]2c1. The normalized spacial score (nSPS) is 10.3. The van der Waals surface area contributed by atoms with Crippen LogP contribution in [0.3, 0.4) is 0 Å². The first-order valence-electron chi connectivity index (χ1n) is 3.28. The molecule has 2 nitrogen and oxygen atoms in total. The Morgan fingerprint density at radius 2 is 2.27 bits per heavy atom. The summed E-state index contributed by atoms with van der Waals surface area (Å²) in [5.74, 6) is 0. The summed E-state index contributed by atoms with van der Waals surface area (Å²) in [6, 6.07) is 5.84. The van der Waals surface area contributed by atoms with Crippen LogP contribution >= 0.6 is 15.9 Å². The molecule has 2 aromatic heterocycles. The fourth-order valence-corrected chi connectivity index (χ4v) is 1.31. The summed E-state index contributed by atoms with van der Waals surface area (Å²) in [6.45, 7) is 0. The minimum atomic E-state index is 0.954. The van der Waals surface area contributed by atoms with E-state index in [0.29, 0.717) is 0 Å². The highest BCUT2D eigenvalue weighted by molar-refractivity contribution is 9.10. The second kappa shape index (κ2) is 2.58.